The molecule has 2 aromatic rings. The van der Waals surface area contributed by atoms with Crippen molar-refractivity contribution in [3.8, 4) is 0 Å². The molecule has 2 heterocycles. The van der Waals surface area contributed by atoms with E-state index in [4.69, 9.17) is 5.73 Å². The number of carbonyl (C=O) groups excluding carboxylic acids is 1. The normalized spacial score (nSPS) is 21.2. The molecule has 1 amide bonds. The van der Waals surface area contributed by atoms with Gasteiger partial charge >= 0.3 is 0 Å². The van der Waals surface area contributed by atoms with E-state index in [-0.39, 0.29) is 17.2 Å². The maximum atomic E-state index is 13.2. The smallest absolute Gasteiger partial charge is 0.235 e. The van der Waals surface area contributed by atoms with E-state index in [2.05, 4.69) is 10.1 Å². The summed E-state index contributed by atoms with van der Waals surface area (Å²) in [6.45, 7) is 3.99. The summed E-state index contributed by atoms with van der Waals surface area (Å²) in [5.41, 5.74) is 7.15. The van der Waals surface area contributed by atoms with E-state index in [1.165, 1.54) is 10.6 Å². The van der Waals surface area contributed by atoms with Gasteiger partial charge in [-0.05, 0) is 6.42 Å². The molecule has 6 heteroatoms. The Morgan fingerprint density at radius 2 is 2.33 bits per heavy atom. The van der Waals surface area contributed by atoms with Crippen molar-refractivity contribution in [2.45, 2.75) is 31.6 Å². The fraction of sp³-hybridized carbons (Fsp3) is 0.417. The van der Waals surface area contributed by atoms with Gasteiger partial charge in [0.15, 0.2) is 5.65 Å². The second kappa shape index (κ2) is 3.28. The van der Waals surface area contributed by atoms with Crippen LogP contribution >= 0.6 is 0 Å². The molecule has 0 fully saturated rings. The maximum absolute atomic E-state index is 13.2. The first-order valence-electron chi connectivity index (χ1n) is 5.74. The van der Waals surface area contributed by atoms with Gasteiger partial charge in [-0.1, -0.05) is 13.8 Å². The number of fused-ring (bicyclic) bond motifs is 3. The summed E-state index contributed by atoms with van der Waals surface area (Å²) in [6, 6.07) is 1.27. The van der Waals surface area contributed by atoms with Crippen molar-refractivity contribution >= 4 is 11.6 Å². The summed E-state index contributed by atoms with van der Waals surface area (Å²) in [4.78, 5) is 15.6. The van der Waals surface area contributed by atoms with Crippen molar-refractivity contribution in [3.63, 3.8) is 0 Å². The van der Waals surface area contributed by atoms with Crippen LogP contribution in [0.4, 0.5) is 4.39 Å². The minimum atomic E-state index is -0.575. The van der Waals surface area contributed by atoms with Gasteiger partial charge in [-0.2, -0.15) is 4.39 Å². The second-order valence-electron chi connectivity index (χ2n) is 5.34. The van der Waals surface area contributed by atoms with Crippen LogP contribution in [0.5, 0.6) is 0 Å². The lowest BCUT2D eigenvalue weighted by Crippen LogP contribution is -2.21. The number of nitrogens with two attached hydrogens (primary N) is 1. The summed E-state index contributed by atoms with van der Waals surface area (Å²) < 4.78 is 14.7. The molecule has 1 aliphatic rings. The van der Waals surface area contributed by atoms with E-state index in [0.29, 0.717) is 12.1 Å². The highest BCUT2D eigenvalue weighted by molar-refractivity contribution is 5.83. The lowest BCUT2D eigenvalue weighted by Gasteiger charge is -2.19. The number of rotatable bonds is 1. The van der Waals surface area contributed by atoms with Crippen LogP contribution in [0.25, 0.3) is 5.65 Å². The number of primary amides is 1. The number of carbonyl (C=O) groups is 1. The Kier molecular flexibility index (Phi) is 2.03. The Bertz CT molecular complexity index is 661. The summed E-state index contributed by atoms with van der Waals surface area (Å²) in [5, 5.41) is 3.81. The second-order valence-corrected chi connectivity index (χ2v) is 5.34. The monoisotopic (exact) mass is 248 g/mol. The highest BCUT2D eigenvalue weighted by atomic mass is 19.1. The quantitative estimate of drug-likeness (QED) is 0.821. The molecule has 1 atom stereocenters. The Morgan fingerprint density at radius 1 is 1.61 bits per heavy atom. The van der Waals surface area contributed by atoms with Gasteiger partial charge in [-0.25, -0.2) is 9.50 Å². The fourth-order valence-corrected chi connectivity index (χ4v) is 2.82. The van der Waals surface area contributed by atoms with Crippen LogP contribution in [-0.4, -0.2) is 20.5 Å². The third-order valence-electron chi connectivity index (χ3n) is 3.56. The number of aromatic nitrogens is 3. The van der Waals surface area contributed by atoms with Crippen LogP contribution in [0.1, 0.15) is 37.4 Å². The molecule has 1 aliphatic carbocycles. The minimum absolute atomic E-state index is 0.283. The van der Waals surface area contributed by atoms with E-state index in [9.17, 15) is 9.18 Å². The van der Waals surface area contributed by atoms with Crippen LogP contribution in [0.15, 0.2) is 12.3 Å². The molecule has 0 saturated carbocycles. The molecule has 5 nitrogen and oxygen atoms in total. The van der Waals surface area contributed by atoms with E-state index >= 15 is 0 Å². The third-order valence-corrected chi connectivity index (χ3v) is 3.56. The number of amides is 1. The molecule has 0 bridgehead atoms. The molecule has 0 saturated heterocycles. The van der Waals surface area contributed by atoms with E-state index in [1.807, 2.05) is 13.8 Å². The van der Waals surface area contributed by atoms with Crippen LogP contribution < -0.4 is 5.73 Å². The number of nitrogens with zero attached hydrogens (tertiary/aromatic N) is 3. The molecule has 0 spiro atoms. The van der Waals surface area contributed by atoms with Gasteiger partial charge in [-0.15, -0.1) is 5.10 Å². The lowest BCUT2D eigenvalue weighted by molar-refractivity contribution is -0.119. The van der Waals surface area contributed by atoms with Crippen molar-refractivity contribution in [3.05, 3.63) is 29.5 Å². The maximum Gasteiger partial charge on any atom is 0.235 e. The molecular formula is C12H13FN4O. The molecule has 2 aromatic heterocycles. The van der Waals surface area contributed by atoms with E-state index in [0.717, 1.165) is 11.3 Å². The SMILES string of the molecule is CC1(C)CC(C(N)=O)c2cnc3cc(F)nn3c21. The standard InChI is InChI=1S/C12H13FN4O/c1-12(2)4-6(11(14)18)7-5-15-9-3-8(13)16-17(9)10(7)12/h3,5-6H,4H2,1-2H3,(H2,14,18). The Morgan fingerprint density at radius 3 is 3.00 bits per heavy atom. The van der Waals surface area contributed by atoms with Gasteiger partial charge in [0, 0.05) is 23.2 Å². The van der Waals surface area contributed by atoms with E-state index < -0.39 is 5.95 Å². The first-order valence-corrected chi connectivity index (χ1v) is 5.74. The highest BCUT2D eigenvalue weighted by Gasteiger charge is 2.42. The average Bonchev–Trinajstić information content (AvgIpc) is 2.75. The molecule has 3 rings (SSSR count). The predicted octanol–water partition coefficient (Wildman–Crippen LogP) is 1.12. The van der Waals surface area contributed by atoms with Crippen LogP contribution in [0.3, 0.4) is 0 Å². The van der Waals surface area contributed by atoms with Crippen molar-refractivity contribution in [2.24, 2.45) is 5.73 Å². The van der Waals surface area contributed by atoms with Gasteiger partial charge < -0.3 is 5.73 Å². The number of halogens is 1. The highest BCUT2D eigenvalue weighted by Crippen LogP contribution is 2.45. The topological polar surface area (TPSA) is 73.3 Å². The molecule has 18 heavy (non-hydrogen) atoms. The summed E-state index contributed by atoms with van der Waals surface area (Å²) in [7, 11) is 0. The molecule has 0 aromatic carbocycles. The van der Waals surface area contributed by atoms with Gasteiger partial charge in [0.1, 0.15) is 0 Å². The van der Waals surface area contributed by atoms with Crippen LogP contribution in [0, 0.1) is 5.95 Å². The molecule has 1 unspecified atom stereocenters. The Balaban J connectivity index is 2.35. The fourth-order valence-electron chi connectivity index (χ4n) is 2.82. The first-order chi connectivity index (χ1) is 8.40. The van der Waals surface area contributed by atoms with Gasteiger partial charge in [0.25, 0.3) is 0 Å². The predicted molar refractivity (Wildman–Crippen MR) is 62.5 cm³/mol. The van der Waals surface area contributed by atoms with Gasteiger partial charge in [0.05, 0.1) is 11.6 Å². The third kappa shape index (κ3) is 1.35. The lowest BCUT2D eigenvalue weighted by atomic mass is 9.89. The van der Waals surface area contributed by atoms with Crippen molar-refractivity contribution in [1.29, 1.82) is 0 Å². The zero-order valence-corrected chi connectivity index (χ0v) is 10.1. The van der Waals surface area contributed by atoms with Crippen LogP contribution in [-0.2, 0) is 10.2 Å². The summed E-state index contributed by atoms with van der Waals surface area (Å²) in [5.74, 6) is -1.33. The number of hydrogen-bond donors (Lipinski definition) is 1. The molecule has 2 N–H and O–H groups in total. The minimum Gasteiger partial charge on any atom is -0.369 e. The van der Waals surface area contributed by atoms with Crippen molar-refractivity contribution in [1.82, 2.24) is 14.6 Å². The van der Waals surface area contributed by atoms with Gasteiger partial charge in [0.2, 0.25) is 11.9 Å². The zero-order chi connectivity index (χ0) is 13.1. The van der Waals surface area contributed by atoms with E-state index in [1.54, 1.807) is 6.20 Å². The van der Waals surface area contributed by atoms with Crippen molar-refractivity contribution in [2.75, 3.05) is 0 Å². The molecule has 0 radical (unpaired) electrons. The molecule has 0 aliphatic heterocycles. The van der Waals surface area contributed by atoms with Crippen molar-refractivity contribution < 1.29 is 9.18 Å². The van der Waals surface area contributed by atoms with Crippen LogP contribution in [0.2, 0.25) is 0 Å². The molecule has 94 valence electrons. The largest absolute Gasteiger partial charge is 0.369 e. The average molecular weight is 248 g/mol. The Hall–Kier alpha value is -1.98. The zero-order valence-electron chi connectivity index (χ0n) is 10.1. The summed E-state index contributed by atoms with van der Waals surface area (Å²) >= 11 is 0. The molecular weight excluding hydrogens is 235 g/mol. The number of hydrogen-bond acceptors (Lipinski definition) is 3. The Labute approximate surface area is 103 Å². The summed E-state index contributed by atoms with van der Waals surface area (Å²) in [6.07, 6.45) is 2.20. The van der Waals surface area contributed by atoms with Gasteiger partial charge in [-0.3, -0.25) is 4.79 Å². The first kappa shape index (κ1) is 11.1.